The van der Waals surface area contributed by atoms with Crippen molar-refractivity contribution in [2.45, 2.75) is 64.7 Å². The lowest BCUT2D eigenvalue weighted by molar-refractivity contribution is -0.883. The molecule has 1 amide bonds. The average molecular weight is 396 g/mol. The zero-order chi connectivity index (χ0) is 20.7. The third kappa shape index (κ3) is 11.8. The van der Waals surface area contributed by atoms with Gasteiger partial charge in [-0.2, -0.15) is 0 Å². The number of ether oxygens (including phenoxy) is 1. The SMILES string of the molecule is CCCCCCCCCCOC(=O)C[N+](C)(C)CCCNC(=O)c1ccco1. The van der Waals surface area contributed by atoms with Crippen LogP contribution in [-0.4, -0.2) is 56.7 Å². The van der Waals surface area contributed by atoms with Crippen LogP contribution in [0.5, 0.6) is 0 Å². The van der Waals surface area contributed by atoms with Crippen LogP contribution in [0.1, 0.15) is 75.3 Å². The summed E-state index contributed by atoms with van der Waals surface area (Å²) < 4.78 is 11.0. The molecule has 0 saturated carbocycles. The number of carbonyl (C=O) groups excluding carboxylic acids is 2. The largest absolute Gasteiger partial charge is 0.462 e. The smallest absolute Gasteiger partial charge is 0.361 e. The second-order valence-electron chi connectivity index (χ2n) is 8.10. The zero-order valence-corrected chi connectivity index (χ0v) is 18.0. The average Bonchev–Trinajstić information content (AvgIpc) is 3.18. The number of likely N-dealkylation sites (N-methyl/N-ethyl adjacent to an activating group) is 1. The summed E-state index contributed by atoms with van der Waals surface area (Å²) in [5, 5.41) is 2.82. The summed E-state index contributed by atoms with van der Waals surface area (Å²) in [6.45, 7) is 4.44. The molecule has 6 nitrogen and oxygen atoms in total. The van der Waals surface area contributed by atoms with E-state index in [0.29, 0.717) is 29.9 Å². The van der Waals surface area contributed by atoms with E-state index in [1.807, 2.05) is 14.1 Å². The van der Waals surface area contributed by atoms with Crippen molar-refractivity contribution >= 4 is 11.9 Å². The fraction of sp³-hybridized carbons (Fsp3) is 0.727. The van der Waals surface area contributed by atoms with Crippen molar-refractivity contribution < 1.29 is 23.2 Å². The third-order valence-corrected chi connectivity index (χ3v) is 4.79. The Hall–Kier alpha value is -1.82. The second kappa shape index (κ2) is 14.2. The molecule has 1 rings (SSSR count). The van der Waals surface area contributed by atoms with Crippen LogP contribution in [0.3, 0.4) is 0 Å². The highest BCUT2D eigenvalue weighted by Crippen LogP contribution is 2.08. The first-order valence-electron chi connectivity index (χ1n) is 10.7. The normalized spacial score (nSPS) is 11.4. The van der Waals surface area contributed by atoms with Crippen LogP contribution in [0.25, 0.3) is 0 Å². The van der Waals surface area contributed by atoms with Crippen molar-refractivity contribution in [3.63, 3.8) is 0 Å². The number of amides is 1. The quantitative estimate of drug-likeness (QED) is 0.259. The maximum Gasteiger partial charge on any atom is 0.361 e. The molecule has 0 saturated heterocycles. The van der Waals surface area contributed by atoms with Crippen LogP contribution in [0, 0.1) is 0 Å². The minimum Gasteiger partial charge on any atom is -0.462 e. The fourth-order valence-corrected chi connectivity index (χ4v) is 3.10. The molecule has 6 heteroatoms. The molecule has 1 aromatic rings. The van der Waals surface area contributed by atoms with Gasteiger partial charge in [0, 0.05) is 13.0 Å². The van der Waals surface area contributed by atoms with Gasteiger partial charge in [0.05, 0.1) is 33.5 Å². The van der Waals surface area contributed by atoms with Crippen LogP contribution in [0.2, 0.25) is 0 Å². The molecule has 0 unspecified atom stereocenters. The minimum atomic E-state index is -0.208. The van der Waals surface area contributed by atoms with E-state index in [-0.39, 0.29) is 11.9 Å². The highest BCUT2D eigenvalue weighted by atomic mass is 16.5. The molecule has 0 aliphatic heterocycles. The van der Waals surface area contributed by atoms with Gasteiger partial charge >= 0.3 is 5.97 Å². The number of carbonyl (C=O) groups is 2. The maximum absolute atomic E-state index is 12.0. The summed E-state index contributed by atoms with van der Waals surface area (Å²) in [7, 11) is 4.01. The number of hydrogen-bond donors (Lipinski definition) is 1. The van der Waals surface area contributed by atoms with Gasteiger partial charge in [-0.05, 0) is 18.6 Å². The summed E-state index contributed by atoms with van der Waals surface area (Å²) in [6.07, 6.45) is 12.1. The number of nitrogens with zero attached hydrogens (tertiary/aromatic N) is 1. The maximum atomic E-state index is 12.0. The van der Waals surface area contributed by atoms with E-state index in [9.17, 15) is 9.59 Å². The van der Waals surface area contributed by atoms with Crippen LogP contribution >= 0.6 is 0 Å². The molecular weight excluding hydrogens is 356 g/mol. The Kier molecular flexibility index (Phi) is 12.3. The van der Waals surface area contributed by atoms with E-state index in [1.54, 1.807) is 12.1 Å². The molecule has 0 atom stereocenters. The van der Waals surface area contributed by atoms with Gasteiger partial charge in [0.25, 0.3) is 5.91 Å². The number of rotatable bonds is 16. The van der Waals surface area contributed by atoms with Crippen molar-refractivity contribution in [1.29, 1.82) is 0 Å². The molecule has 0 fully saturated rings. The lowest BCUT2D eigenvalue weighted by Crippen LogP contribution is -2.46. The lowest BCUT2D eigenvalue weighted by Gasteiger charge is -2.28. The summed E-state index contributed by atoms with van der Waals surface area (Å²) in [4.78, 5) is 23.8. The van der Waals surface area contributed by atoms with Gasteiger partial charge in [0.2, 0.25) is 0 Å². The van der Waals surface area contributed by atoms with Gasteiger partial charge < -0.3 is 19.0 Å². The van der Waals surface area contributed by atoms with Crippen LogP contribution in [0.15, 0.2) is 22.8 Å². The van der Waals surface area contributed by atoms with Gasteiger partial charge in [-0.15, -0.1) is 0 Å². The Bertz CT molecular complexity index is 541. The highest BCUT2D eigenvalue weighted by molar-refractivity contribution is 5.91. The molecule has 160 valence electrons. The molecule has 0 aliphatic carbocycles. The molecule has 0 spiro atoms. The first-order valence-corrected chi connectivity index (χ1v) is 10.7. The van der Waals surface area contributed by atoms with E-state index < -0.39 is 0 Å². The molecule has 1 heterocycles. The van der Waals surface area contributed by atoms with Gasteiger partial charge in [-0.1, -0.05) is 51.9 Å². The molecule has 0 radical (unpaired) electrons. The van der Waals surface area contributed by atoms with E-state index in [0.717, 1.165) is 25.8 Å². The van der Waals surface area contributed by atoms with E-state index in [1.165, 1.54) is 44.8 Å². The number of quaternary nitrogens is 1. The molecule has 0 bridgehead atoms. The van der Waals surface area contributed by atoms with E-state index >= 15 is 0 Å². The Balaban J connectivity index is 2.03. The zero-order valence-electron chi connectivity index (χ0n) is 18.0. The van der Waals surface area contributed by atoms with Crippen molar-refractivity contribution in [3.8, 4) is 0 Å². The number of furan rings is 1. The van der Waals surface area contributed by atoms with Crippen molar-refractivity contribution in [2.24, 2.45) is 0 Å². The van der Waals surface area contributed by atoms with Gasteiger partial charge in [-0.3, -0.25) is 4.79 Å². The first kappa shape index (κ1) is 24.2. The summed E-state index contributed by atoms with van der Waals surface area (Å²) in [5.74, 6) is -0.0362. The van der Waals surface area contributed by atoms with Crippen molar-refractivity contribution in [3.05, 3.63) is 24.2 Å². The van der Waals surface area contributed by atoms with E-state index in [2.05, 4.69) is 12.2 Å². The Labute approximate surface area is 170 Å². The highest BCUT2D eigenvalue weighted by Gasteiger charge is 2.21. The Morgan fingerprint density at radius 2 is 1.71 bits per heavy atom. The molecule has 0 aromatic carbocycles. The van der Waals surface area contributed by atoms with E-state index in [4.69, 9.17) is 9.15 Å². The van der Waals surface area contributed by atoms with Gasteiger partial charge in [-0.25, -0.2) is 4.79 Å². The first-order chi connectivity index (χ1) is 13.4. The number of nitrogens with one attached hydrogen (secondary N) is 1. The Morgan fingerprint density at radius 1 is 1.04 bits per heavy atom. The number of esters is 1. The summed E-state index contributed by atoms with van der Waals surface area (Å²) in [5.41, 5.74) is 0. The standard InChI is InChI=1S/C22H38N2O4/c1-4-5-6-7-8-9-10-11-17-28-21(25)19-24(2,3)16-13-15-23-22(26)20-14-12-18-27-20/h12,14,18H,4-11,13,15-17,19H2,1-3H3/p+1. The summed E-state index contributed by atoms with van der Waals surface area (Å²) in [6, 6.07) is 3.33. The number of unbranched alkanes of at least 4 members (excludes halogenated alkanes) is 7. The van der Waals surface area contributed by atoms with Crippen LogP contribution < -0.4 is 5.32 Å². The van der Waals surface area contributed by atoms with Crippen molar-refractivity contribution in [2.75, 3.05) is 40.3 Å². The fourth-order valence-electron chi connectivity index (χ4n) is 3.10. The predicted octanol–water partition coefficient (Wildman–Crippen LogP) is 4.16. The topological polar surface area (TPSA) is 68.5 Å². The lowest BCUT2D eigenvalue weighted by atomic mass is 10.1. The molecule has 1 N–H and O–H groups in total. The molecular formula is C22H39N2O4+. The summed E-state index contributed by atoms with van der Waals surface area (Å²) >= 11 is 0. The molecule has 0 aliphatic rings. The van der Waals surface area contributed by atoms with Gasteiger partial charge in [0.15, 0.2) is 12.3 Å². The minimum absolute atomic E-state index is 0.146. The second-order valence-corrected chi connectivity index (χ2v) is 8.10. The number of hydrogen-bond acceptors (Lipinski definition) is 4. The monoisotopic (exact) mass is 395 g/mol. The van der Waals surface area contributed by atoms with Crippen LogP contribution in [0.4, 0.5) is 0 Å². The Morgan fingerprint density at radius 3 is 2.36 bits per heavy atom. The molecule has 1 aromatic heterocycles. The van der Waals surface area contributed by atoms with Crippen molar-refractivity contribution in [1.82, 2.24) is 5.32 Å². The molecule has 28 heavy (non-hydrogen) atoms. The van der Waals surface area contributed by atoms with Gasteiger partial charge in [0.1, 0.15) is 0 Å². The predicted molar refractivity (Wildman–Crippen MR) is 111 cm³/mol. The third-order valence-electron chi connectivity index (χ3n) is 4.79. The van der Waals surface area contributed by atoms with Crippen LogP contribution in [-0.2, 0) is 9.53 Å².